The number of hydrogen-bond donors (Lipinski definition) is 0. The Bertz CT molecular complexity index is 2760. The largest absolute Gasteiger partial charge is 0.455 e. The van der Waals surface area contributed by atoms with E-state index >= 15 is 0 Å². The van der Waals surface area contributed by atoms with Gasteiger partial charge in [-0.2, -0.15) is 0 Å². The van der Waals surface area contributed by atoms with Crippen LogP contribution >= 0.6 is 0 Å². The van der Waals surface area contributed by atoms with Crippen LogP contribution in [0.4, 0.5) is 0 Å². The molecule has 0 aliphatic rings. The zero-order valence-electron chi connectivity index (χ0n) is 27.3. The molecule has 0 radical (unpaired) electrons. The fourth-order valence-electron chi connectivity index (χ4n) is 7.71. The molecule has 10 aromatic rings. The normalized spacial score (nSPS) is 11.6. The van der Waals surface area contributed by atoms with E-state index in [2.05, 4.69) is 187 Å². The standard InChI is InChI=1S/C48H31NO/c1-3-14-32(15-4-1)34-26-28-45-42(30-34)43-31-35(33-16-5-2-6-17-33)27-29-46(43)49(45)44-24-11-9-20-38(44)36-18-7-8-19-37(36)40-22-13-23-41-39-21-10-12-25-47(39)50-48(40)41/h1-31H. The van der Waals surface area contributed by atoms with E-state index in [4.69, 9.17) is 4.42 Å². The molecule has 2 heteroatoms. The van der Waals surface area contributed by atoms with Crippen molar-refractivity contribution >= 4 is 43.7 Å². The van der Waals surface area contributed by atoms with Crippen LogP contribution in [0, 0.1) is 0 Å². The van der Waals surface area contributed by atoms with Gasteiger partial charge in [-0.3, -0.25) is 0 Å². The maximum atomic E-state index is 6.54. The molecule has 234 valence electrons. The Hall–Kier alpha value is -6.64. The van der Waals surface area contributed by atoms with Gasteiger partial charge in [0.25, 0.3) is 0 Å². The summed E-state index contributed by atoms with van der Waals surface area (Å²) in [6.45, 7) is 0. The summed E-state index contributed by atoms with van der Waals surface area (Å²) in [6.07, 6.45) is 0. The minimum absolute atomic E-state index is 0.905. The summed E-state index contributed by atoms with van der Waals surface area (Å²) in [6, 6.07) is 67.4. The van der Waals surface area contributed by atoms with E-state index in [-0.39, 0.29) is 0 Å². The molecule has 0 saturated carbocycles. The van der Waals surface area contributed by atoms with Crippen molar-refractivity contribution < 1.29 is 4.42 Å². The summed E-state index contributed by atoms with van der Waals surface area (Å²) >= 11 is 0. The summed E-state index contributed by atoms with van der Waals surface area (Å²) in [5.41, 5.74) is 14.7. The SMILES string of the molecule is c1ccc(-c2ccc3c(c2)c2cc(-c4ccccc4)ccc2n3-c2ccccc2-c2ccccc2-c2cccc3c2oc2ccccc23)cc1. The van der Waals surface area contributed by atoms with Crippen LogP contribution in [0.1, 0.15) is 0 Å². The topological polar surface area (TPSA) is 18.1 Å². The second kappa shape index (κ2) is 11.5. The Morgan fingerprint density at radius 2 is 0.820 bits per heavy atom. The van der Waals surface area contributed by atoms with Gasteiger partial charge in [-0.05, 0) is 69.8 Å². The van der Waals surface area contributed by atoms with E-state index in [1.165, 1.54) is 44.1 Å². The molecular weight excluding hydrogens is 607 g/mol. The summed E-state index contributed by atoms with van der Waals surface area (Å²) in [7, 11) is 0. The molecule has 0 saturated heterocycles. The fourth-order valence-corrected chi connectivity index (χ4v) is 7.71. The summed E-state index contributed by atoms with van der Waals surface area (Å²) < 4.78 is 8.98. The van der Waals surface area contributed by atoms with Gasteiger partial charge in [-0.25, -0.2) is 0 Å². The highest BCUT2D eigenvalue weighted by molar-refractivity contribution is 6.13. The van der Waals surface area contributed by atoms with Crippen LogP contribution < -0.4 is 0 Å². The number of aromatic nitrogens is 1. The maximum Gasteiger partial charge on any atom is 0.143 e. The average Bonchev–Trinajstić information content (AvgIpc) is 3.74. The smallest absolute Gasteiger partial charge is 0.143 e. The lowest BCUT2D eigenvalue weighted by atomic mass is 9.92. The first-order chi connectivity index (χ1) is 24.8. The van der Waals surface area contributed by atoms with Crippen LogP contribution in [0.25, 0.3) is 93.9 Å². The first-order valence-corrected chi connectivity index (χ1v) is 17.1. The Labute approximate surface area is 290 Å². The molecule has 0 bridgehead atoms. The third-order valence-electron chi connectivity index (χ3n) is 10.0. The van der Waals surface area contributed by atoms with Crippen LogP contribution in [0.2, 0.25) is 0 Å². The molecular formula is C48H31NO. The quantitative estimate of drug-likeness (QED) is 0.184. The zero-order valence-corrected chi connectivity index (χ0v) is 27.3. The number of fused-ring (bicyclic) bond motifs is 6. The van der Waals surface area contributed by atoms with Gasteiger partial charge in [0.2, 0.25) is 0 Å². The monoisotopic (exact) mass is 637 g/mol. The van der Waals surface area contributed by atoms with Crippen LogP contribution in [0.5, 0.6) is 0 Å². The van der Waals surface area contributed by atoms with Crippen molar-refractivity contribution in [2.45, 2.75) is 0 Å². The van der Waals surface area contributed by atoms with Crippen LogP contribution in [0.15, 0.2) is 192 Å². The minimum Gasteiger partial charge on any atom is -0.455 e. The summed E-state index contributed by atoms with van der Waals surface area (Å²) in [5.74, 6) is 0. The Morgan fingerprint density at radius 1 is 0.320 bits per heavy atom. The Morgan fingerprint density at radius 3 is 1.48 bits per heavy atom. The van der Waals surface area contributed by atoms with E-state index in [0.29, 0.717) is 0 Å². The Balaban J connectivity index is 1.23. The van der Waals surface area contributed by atoms with Gasteiger partial charge < -0.3 is 8.98 Å². The van der Waals surface area contributed by atoms with Crippen molar-refractivity contribution in [2.75, 3.05) is 0 Å². The molecule has 0 amide bonds. The van der Waals surface area contributed by atoms with Gasteiger partial charge in [-0.1, -0.05) is 152 Å². The maximum absolute atomic E-state index is 6.54. The molecule has 2 nitrogen and oxygen atoms in total. The molecule has 0 spiro atoms. The van der Waals surface area contributed by atoms with Gasteiger partial charge in [0, 0.05) is 32.7 Å². The van der Waals surface area contributed by atoms with Crippen molar-refractivity contribution in [3.05, 3.63) is 188 Å². The second-order valence-corrected chi connectivity index (χ2v) is 12.9. The number of para-hydroxylation sites is 3. The van der Waals surface area contributed by atoms with E-state index in [0.717, 1.165) is 49.9 Å². The predicted octanol–water partition coefficient (Wildman–Crippen LogP) is 13.4. The lowest BCUT2D eigenvalue weighted by Crippen LogP contribution is -1.98. The van der Waals surface area contributed by atoms with E-state index in [9.17, 15) is 0 Å². The molecule has 0 unspecified atom stereocenters. The molecule has 2 heterocycles. The van der Waals surface area contributed by atoms with Crippen molar-refractivity contribution in [1.82, 2.24) is 4.57 Å². The highest BCUT2D eigenvalue weighted by atomic mass is 16.3. The van der Waals surface area contributed by atoms with E-state index in [1.54, 1.807) is 0 Å². The highest BCUT2D eigenvalue weighted by Gasteiger charge is 2.20. The van der Waals surface area contributed by atoms with Gasteiger partial charge in [-0.15, -0.1) is 0 Å². The fraction of sp³-hybridized carbons (Fsp3) is 0. The van der Waals surface area contributed by atoms with Crippen molar-refractivity contribution in [2.24, 2.45) is 0 Å². The lowest BCUT2D eigenvalue weighted by molar-refractivity contribution is 0.670. The van der Waals surface area contributed by atoms with Crippen LogP contribution in [-0.4, -0.2) is 4.57 Å². The number of nitrogens with zero attached hydrogens (tertiary/aromatic N) is 1. The molecule has 0 fully saturated rings. The van der Waals surface area contributed by atoms with Gasteiger partial charge in [0.1, 0.15) is 11.2 Å². The summed E-state index contributed by atoms with van der Waals surface area (Å²) in [4.78, 5) is 0. The van der Waals surface area contributed by atoms with E-state index < -0.39 is 0 Å². The number of furan rings is 1. The molecule has 0 atom stereocenters. The average molecular weight is 638 g/mol. The van der Waals surface area contributed by atoms with Gasteiger partial charge in [0.15, 0.2) is 0 Å². The van der Waals surface area contributed by atoms with Crippen LogP contribution in [-0.2, 0) is 0 Å². The van der Waals surface area contributed by atoms with Crippen molar-refractivity contribution in [1.29, 1.82) is 0 Å². The Kier molecular flexibility index (Phi) is 6.53. The van der Waals surface area contributed by atoms with Crippen LogP contribution in [0.3, 0.4) is 0 Å². The first-order valence-electron chi connectivity index (χ1n) is 17.1. The van der Waals surface area contributed by atoms with Crippen molar-refractivity contribution in [3.8, 4) is 50.2 Å². The third kappa shape index (κ3) is 4.50. The number of hydrogen-bond acceptors (Lipinski definition) is 1. The third-order valence-corrected chi connectivity index (χ3v) is 10.0. The highest BCUT2D eigenvalue weighted by Crippen LogP contribution is 2.43. The molecule has 0 N–H and O–H groups in total. The van der Waals surface area contributed by atoms with Gasteiger partial charge >= 0.3 is 0 Å². The molecule has 2 aromatic heterocycles. The molecule has 0 aliphatic heterocycles. The first kappa shape index (κ1) is 28.4. The minimum atomic E-state index is 0.905. The second-order valence-electron chi connectivity index (χ2n) is 12.9. The predicted molar refractivity (Wildman–Crippen MR) is 210 cm³/mol. The van der Waals surface area contributed by atoms with E-state index in [1.807, 2.05) is 6.07 Å². The molecule has 50 heavy (non-hydrogen) atoms. The lowest BCUT2D eigenvalue weighted by Gasteiger charge is -2.17. The number of rotatable bonds is 5. The zero-order chi connectivity index (χ0) is 33.0. The number of benzene rings is 8. The molecule has 10 rings (SSSR count). The molecule has 8 aromatic carbocycles. The van der Waals surface area contributed by atoms with Crippen molar-refractivity contribution in [3.63, 3.8) is 0 Å². The summed E-state index contributed by atoms with van der Waals surface area (Å²) in [5, 5.41) is 4.73. The van der Waals surface area contributed by atoms with Gasteiger partial charge in [0.05, 0.1) is 16.7 Å². The molecule has 0 aliphatic carbocycles.